The number of terminal acetylenes is 1. The Morgan fingerprint density at radius 3 is 2.68 bits per heavy atom. The topological polar surface area (TPSA) is 117 Å². The molecule has 272 valence electrons. The van der Waals surface area contributed by atoms with Gasteiger partial charge in [-0.15, -0.1) is 6.42 Å². The van der Waals surface area contributed by atoms with Gasteiger partial charge < -0.3 is 25.0 Å². The fraction of sp³-hybridized carbons (Fsp3) is 0.325. The van der Waals surface area contributed by atoms with E-state index in [0.717, 1.165) is 31.4 Å². The zero-order chi connectivity index (χ0) is 37.5. The third-order valence-electron chi connectivity index (χ3n) is 10.6. The summed E-state index contributed by atoms with van der Waals surface area (Å²) < 4.78 is 53.1. The van der Waals surface area contributed by atoms with Crippen molar-refractivity contribution in [2.75, 3.05) is 37.0 Å². The van der Waals surface area contributed by atoms with Gasteiger partial charge in [0, 0.05) is 61.8 Å². The molecule has 3 aromatic heterocycles. The van der Waals surface area contributed by atoms with Crippen molar-refractivity contribution in [3.8, 4) is 35.4 Å². The highest BCUT2D eigenvalue weighted by Crippen LogP contribution is 2.40. The Kier molecular flexibility index (Phi) is 9.32. The van der Waals surface area contributed by atoms with Crippen molar-refractivity contribution >= 4 is 39.1 Å². The summed E-state index contributed by atoms with van der Waals surface area (Å²) in [5.41, 5.74) is -1.04. The molecule has 10 nitrogen and oxygen atoms in total. The predicted octanol–water partition coefficient (Wildman–Crippen LogP) is 6.96. The molecular weight excluding hydrogens is 683 g/mol. The molecule has 1 saturated heterocycles. The van der Waals surface area contributed by atoms with Gasteiger partial charge in [-0.1, -0.05) is 31.4 Å². The van der Waals surface area contributed by atoms with E-state index in [1.54, 1.807) is 36.5 Å². The molecule has 53 heavy (non-hydrogen) atoms. The first-order chi connectivity index (χ1) is 25.5. The Bertz CT molecular complexity index is 2280. The average Bonchev–Trinajstić information content (AvgIpc) is 3.77. The number of likely N-dealkylation sites (N-methyl/N-ethyl adjacent to an activating group) is 1. The van der Waals surface area contributed by atoms with Crippen LogP contribution < -0.4 is 15.0 Å². The first-order valence-electron chi connectivity index (χ1n) is 17.3. The first-order valence-corrected chi connectivity index (χ1v) is 17.3. The molecule has 1 aliphatic heterocycles. The number of hydrogen-bond donors (Lipinski definition) is 2. The van der Waals surface area contributed by atoms with Gasteiger partial charge in [0.2, 0.25) is 5.91 Å². The highest BCUT2D eigenvalue weighted by atomic mass is 19.1. The van der Waals surface area contributed by atoms with Crippen LogP contribution in [0.2, 0.25) is 0 Å². The van der Waals surface area contributed by atoms with Crippen LogP contribution in [0.5, 0.6) is 11.8 Å². The number of phenolic OH excluding ortho intramolecular Hbond substituents is 1. The van der Waals surface area contributed by atoms with Gasteiger partial charge in [0.1, 0.15) is 41.4 Å². The van der Waals surface area contributed by atoms with E-state index < -0.39 is 28.9 Å². The maximum atomic E-state index is 17.0. The number of anilines is 2. The summed E-state index contributed by atoms with van der Waals surface area (Å²) in [6.45, 7) is 5.91. The second kappa shape index (κ2) is 13.9. The van der Waals surface area contributed by atoms with Crippen LogP contribution in [0, 0.1) is 24.0 Å². The summed E-state index contributed by atoms with van der Waals surface area (Å²) in [7, 11) is 1.74. The number of nitrogens with one attached hydrogen (secondary N) is 1. The largest absolute Gasteiger partial charge is 0.508 e. The van der Waals surface area contributed by atoms with Crippen LogP contribution in [0.3, 0.4) is 0 Å². The van der Waals surface area contributed by atoms with E-state index in [1.165, 1.54) is 36.5 Å². The van der Waals surface area contributed by atoms with Gasteiger partial charge in [-0.05, 0) is 61.6 Å². The lowest BCUT2D eigenvalue weighted by atomic mass is 9.95. The fourth-order valence-corrected chi connectivity index (χ4v) is 7.83. The monoisotopic (exact) mass is 721 g/mol. The van der Waals surface area contributed by atoms with Crippen molar-refractivity contribution in [2.45, 2.75) is 56.3 Å². The van der Waals surface area contributed by atoms with Crippen LogP contribution in [0.15, 0.2) is 67.6 Å². The van der Waals surface area contributed by atoms with Gasteiger partial charge in [0.15, 0.2) is 5.82 Å². The lowest BCUT2D eigenvalue weighted by Crippen LogP contribution is -2.51. The highest BCUT2D eigenvalue weighted by Gasteiger charge is 2.44. The molecule has 2 fully saturated rings. The van der Waals surface area contributed by atoms with E-state index >= 15 is 4.39 Å². The summed E-state index contributed by atoms with van der Waals surface area (Å²) >= 11 is 0. The predicted molar refractivity (Wildman–Crippen MR) is 197 cm³/mol. The minimum atomic E-state index is -1.12. The molecule has 1 saturated carbocycles. The van der Waals surface area contributed by atoms with Gasteiger partial charge in [-0.2, -0.15) is 9.97 Å². The summed E-state index contributed by atoms with van der Waals surface area (Å²) in [6, 6.07) is 8.72. The second-order valence-corrected chi connectivity index (χ2v) is 14.0. The minimum absolute atomic E-state index is 0.0389. The van der Waals surface area contributed by atoms with E-state index in [9.17, 15) is 18.7 Å². The van der Waals surface area contributed by atoms with Crippen LogP contribution in [-0.2, 0) is 4.79 Å². The van der Waals surface area contributed by atoms with E-state index in [4.69, 9.17) is 11.2 Å². The molecule has 2 aromatic carbocycles. The quantitative estimate of drug-likeness (QED) is 0.117. The van der Waals surface area contributed by atoms with Gasteiger partial charge >= 0.3 is 6.01 Å². The number of fused-ring (bicyclic) bond motifs is 2. The number of ether oxygens (including phenoxy) is 1. The van der Waals surface area contributed by atoms with Gasteiger partial charge in [0.05, 0.1) is 22.0 Å². The zero-order valence-electron chi connectivity index (χ0n) is 29.4. The Hall–Kier alpha value is -5.90. The molecule has 0 bridgehead atoms. The number of benzene rings is 2. The first kappa shape index (κ1) is 35.5. The maximum Gasteiger partial charge on any atom is 0.319 e. The number of amides is 1. The number of alkyl halides is 1. The smallest absolute Gasteiger partial charge is 0.319 e. The SMILES string of the molecule is C#Cc1c(F)ccc2cc(O)cc(-c3ncc4c(NCC5(N(C)C(=O)C=C)CCCC5)nc(OC[C@]5(C)C[C@@H](F)CN5c5ccncc5)nc4c3F)c12. The molecule has 0 unspecified atom stereocenters. The number of carbonyl (C=O) groups is 1. The van der Waals surface area contributed by atoms with Crippen LogP contribution in [-0.4, -0.2) is 79.8 Å². The standard InChI is InChI=1S/C40H38F3N7O3/c1-5-28-31(42)10-9-24-17-27(51)18-29(33(24)28)35-34(43)36-30(20-45-35)37(46-22-40(13-7-8-14-40)49(4)32(52)6-2)48-38(47-36)53-23-39(3)19-25(41)21-50(39)26-11-15-44-16-12-26/h1,6,9-12,15-18,20,25,51H,2,7-8,13-14,19,21-23H2,3-4H3,(H,46,47,48)/t25-,39+/m1/s1. The number of hydrogen-bond acceptors (Lipinski definition) is 9. The molecule has 13 heteroatoms. The Balaban J connectivity index is 1.34. The summed E-state index contributed by atoms with van der Waals surface area (Å²) in [4.78, 5) is 34.0. The molecule has 0 radical (unpaired) electrons. The number of aromatic nitrogens is 4. The molecular formula is C40H38F3N7O3. The highest BCUT2D eigenvalue weighted by molar-refractivity contribution is 6.03. The normalized spacial score (nSPS) is 19.3. The Morgan fingerprint density at radius 1 is 1.21 bits per heavy atom. The van der Waals surface area contributed by atoms with Crippen molar-refractivity contribution in [2.24, 2.45) is 0 Å². The zero-order valence-corrected chi connectivity index (χ0v) is 29.4. The Labute approximate surface area is 304 Å². The molecule has 0 spiro atoms. The molecule has 5 aromatic rings. The number of halogens is 3. The van der Waals surface area contributed by atoms with E-state index in [1.807, 2.05) is 11.8 Å². The second-order valence-electron chi connectivity index (χ2n) is 14.0. The molecule has 2 aliphatic rings. The molecule has 7 rings (SSSR count). The van der Waals surface area contributed by atoms with Crippen molar-refractivity contribution in [3.05, 3.63) is 84.8 Å². The summed E-state index contributed by atoms with van der Waals surface area (Å²) in [6.07, 6.45) is 14.0. The van der Waals surface area contributed by atoms with Crippen molar-refractivity contribution in [3.63, 3.8) is 0 Å². The van der Waals surface area contributed by atoms with Crippen LogP contribution in [0.25, 0.3) is 32.9 Å². The molecule has 2 N–H and O–H groups in total. The summed E-state index contributed by atoms with van der Waals surface area (Å²) in [5.74, 6) is 0.551. The van der Waals surface area contributed by atoms with Gasteiger partial charge in [-0.25, -0.2) is 13.2 Å². The van der Waals surface area contributed by atoms with E-state index in [0.29, 0.717) is 5.39 Å². The molecule has 2 atom stereocenters. The minimum Gasteiger partial charge on any atom is -0.508 e. The number of carbonyl (C=O) groups excluding carboxylic acids is 1. The average molecular weight is 722 g/mol. The number of pyridine rings is 2. The molecule has 4 heterocycles. The molecule has 1 amide bonds. The lowest BCUT2D eigenvalue weighted by Gasteiger charge is -2.38. The lowest BCUT2D eigenvalue weighted by molar-refractivity contribution is -0.129. The fourth-order valence-electron chi connectivity index (χ4n) is 7.83. The molecule has 1 aliphatic carbocycles. The number of nitrogens with zero attached hydrogens (tertiary/aromatic N) is 6. The number of aromatic hydroxyl groups is 1. The van der Waals surface area contributed by atoms with Crippen LogP contribution in [0.1, 0.15) is 44.6 Å². The summed E-state index contributed by atoms with van der Waals surface area (Å²) in [5, 5.41) is 14.7. The van der Waals surface area contributed by atoms with Gasteiger partial charge in [0.25, 0.3) is 0 Å². The van der Waals surface area contributed by atoms with Crippen molar-refractivity contribution < 1.29 is 27.8 Å². The van der Waals surface area contributed by atoms with Crippen LogP contribution in [0.4, 0.5) is 24.7 Å². The van der Waals surface area contributed by atoms with Crippen LogP contribution >= 0.6 is 0 Å². The maximum absolute atomic E-state index is 17.0. The number of rotatable bonds is 10. The Morgan fingerprint density at radius 2 is 1.96 bits per heavy atom. The van der Waals surface area contributed by atoms with E-state index in [-0.39, 0.29) is 82.7 Å². The van der Waals surface area contributed by atoms with E-state index in [2.05, 4.69) is 37.8 Å². The van der Waals surface area contributed by atoms with Crippen molar-refractivity contribution in [1.29, 1.82) is 0 Å². The third-order valence-corrected chi connectivity index (χ3v) is 10.6. The van der Waals surface area contributed by atoms with Crippen molar-refractivity contribution in [1.82, 2.24) is 24.8 Å². The van der Waals surface area contributed by atoms with Gasteiger partial charge in [-0.3, -0.25) is 14.8 Å². The third kappa shape index (κ3) is 6.43. The number of phenols is 1.